The van der Waals surface area contributed by atoms with Gasteiger partial charge in [-0.2, -0.15) is 13.2 Å². The normalized spacial score (nSPS) is 11.8. The number of benzene rings is 1. The third-order valence-corrected chi connectivity index (χ3v) is 3.09. The van der Waals surface area contributed by atoms with Gasteiger partial charge in [0.2, 0.25) is 0 Å². The van der Waals surface area contributed by atoms with Crippen LogP contribution in [-0.2, 0) is 6.18 Å². The number of hydrogen-bond acceptors (Lipinski definition) is 3. The molecular weight excluding hydrogens is 283 g/mol. The summed E-state index contributed by atoms with van der Waals surface area (Å²) in [4.78, 5) is 0. The third kappa shape index (κ3) is 2.31. The lowest BCUT2D eigenvalue weighted by atomic mass is 10.1. The van der Waals surface area contributed by atoms with Gasteiger partial charge < -0.3 is 4.74 Å². The van der Waals surface area contributed by atoms with E-state index in [0.29, 0.717) is 11.4 Å². The van der Waals surface area contributed by atoms with Crippen molar-refractivity contribution in [2.75, 3.05) is 7.11 Å². The lowest BCUT2D eigenvalue weighted by Gasteiger charge is -2.11. The van der Waals surface area contributed by atoms with E-state index < -0.39 is 11.7 Å². The van der Waals surface area contributed by atoms with E-state index in [0.717, 1.165) is 6.07 Å². The second-order valence-corrected chi connectivity index (χ2v) is 4.36. The van der Waals surface area contributed by atoms with Crippen molar-refractivity contribution in [2.24, 2.45) is 0 Å². The van der Waals surface area contributed by atoms with E-state index >= 15 is 0 Å². The van der Waals surface area contributed by atoms with Crippen molar-refractivity contribution in [3.8, 4) is 17.1 Å². The van der Waals surface area contributed by atoms with Crippen LogP contribution in [0.1, 0.15) is 5.56 Å². The molecule has 0 spiro atoms. The van der Waals surface area contributed by atoms with Gasteiger partial charge in [0.05, 0.1) is 12.7 Å². The van der Waals surface area contributed by atoms with Crippen LogP contribution in [0.4, 0.5) is 13.2 Å². The van der Waals surface area contributed by atoms with Crippen molar-refractivity contribution in [2.45, 2.75) is 6.18 Å². The molecule has 0 N–H and O–H groups in total. The Bertz CT molecular complexity index is 796. The smallest absolute Gasteiger partial charge is 0.417 e. The topological polar surface area (TPSA) is 39.4 Å². The zero-order chi connectivity index (χ0) is 15.0. The number of hydrogen-bond donors (Lipinski definition) is 0. The molecule has 108 valence electrons. The first kappa shape index (κ1) is 13.4. The molecule has 0 saturated carbocycles. The van der Waals surface area contributed by atoms with Gasteiger partial charge in [-0.25, -0.2) is 0 Å². The van der Waals surface area contributed by atoms with Crippen LogP contribution in [0.2, 0.25) is 0 Å². The number of pyridine rings is 1. The molecule has 1 aromatic carbocycles. The average molecular weight is 293 g/mol. The first-order valence-electron chi connectivity index (χ1n) is 6.06. The summed E-state index contributed by atoms with van der Waals surface area (Å²) in [7, 11) is 1.50. The highest BCUT2D eigenvalue weighted by Gasteiger charge is 2.34. The Labute approximate surface area is 117 Å². The van der Waals surface area contributed by atoms with E-state index in [-0.39, 0.29) is 11.4 Å². The van der Waals surface area contributed by atoms with E-state index in [1.807, 2.05) is 0 Å². The third-order valence-electron chi connectivity index (χ3n) is 3.09. The molecule has 0 atom stereocenters. The van der Waals surface area contributed by atoms with Gasteiger partial charge >= 0.3 is 6.18 Å². The molecule has 3 aromatic rings. The van der Waals surface area contributed by atoms with Crippen molar-refractivity contribution in [1.82, 2.24) is 14.6 Å². The summed E-state index contributed by atoms with van der Waals surface area (Å²) in [6, 6.07) is 8.53. The molecule has 3 rings (SSSR count). The van der Waals surface area contributed by atoms with Crippen molar-refractivity contribution in [1.29, 1.82) is 0 Å². The standard InChI is InChI=1S/C14H10F3N3O/c1-21-9-6-7-20-12(8-9)18-19-13(20)10-4-2-3-5-11(10)14(15,16)17/h2-8H,1H3. The van der Waals surface area contributed by atoms with Crippen molar-refractivity contribution >= 4 is 5.65 Å². The van der Waals surface area contributed by atoms with Crippen molar-refractivity contribution < 1.29 is 17.9 Å². The zero-order valence-electron chi connectivity index (χ0n) is 10.9. The summed E-state index contributed by atoms with van der Waals surface area (Å²) in [5.74, 6) is 0.700. The minimum absolute atomic E-state index is 0.0114. The molecule has 0 radical (unpaired) electrons. The van der Waals surface area contributed by atoms with E-state index in [2.05, 4.69) is 10.2 Å². The molecule has 0 unspecified atom stereocenters. The van der Waals surface area contributed by atoms with Gasteiger partial charge in [-0.1, -0.05) is 18.2 Å². The summed E-state index contributed by atoms with van der Waals surface area (Å²) < 4.78 is 45.8. The highest BCUT2D eigenvalue weighted by molar-refractivity contribution is 5.64. The van der Waals surface area contributed by atoms with Gasteiger partial charge in [-0.15, -0.1) is 10.2 Å². The Balaban J connectivity index is 2.22. The number of aromatic nitrogens is 3. The first-order chi connectivity index (χ1) is 10.0. The number of fused-ring (bicyclic) bond motifs is 1. The maximum atomic E-state index is 13.1. The van der Waals surface area contributed by atoms with Crippen LogP contribution in [0.15, 0.2) is 42.6 Å². The molecule has 0 bridgehead atoms. The summed E-state index contributed by atoms with van der Waals surface area (Å²) >= 11 is 0. The van der Waals surface area contributed by atoms with Crippen LogP contribution in [-0.4, -0.2) is 21.7 Å². The van der Waals surface area contributed by atoms with Crippen LogP contribution < -0.4 is 4.74 Å². The highest BCUT2D eigenvalue weighted by Crippen LogP contribution is 2.36. The second kappa shape index (κ2) is 4.76. The minimum Gasteiger partial charge on any atom is -0.497 e. The van der Waals surface area contributed by atoms with Crippen molar-refractivity contribution in [3.63, 3.8) is 0 Å². The maximum absolute atomic E-state index is 13.1. The summed E-state index contributed by atoms with van der Waals surface area (Å²) in [6.45, 7) is 0. The van der Waals surface area contributed by atoms with Crippen LogP contribution >= 0.6 is 0 Å². The molecule has 0 aliphatic carbocycles. The number of ether oxygens (including phenoxy) is 1. The molecule has 7 heteroatoms. The zero-order valence-corrected chi connectivity index (χ0v) is 10.9. The van der Waals surface area contributed by atoms with Gasteiger partial charge in [0.25, 0.3) is 0 Å². The Morgan fingerprint density at radius 2 is 1.86 bits per heavy atom. The fraction of sp³-hybridized carbons (Fsp3) is 0.143. The summed E-state index contributed by atoms with van der Waals surface area (Å²) in [5, 5.41) is 7.76. The van der Waals surface area contributed by atoms with E-state index in [9.17, 15) is 13.2 Å². The second-order valence-electron chi connectivity index (χ2n) is 4.36. The Hall–Kier alpha value is -2.57. The van der Waals surface area contributed by atoms with Crippen LogP contribution in [0, 0.1) is 0 Å². The number of rotatable bonds is 2. The largest absolute Gasteiger partial charge is 0.497 e. The number of nitrogens with zero attached hydrogens (tertiary/aromatic N) is 3. The Morgan fingerprint density at radius 3 is 2.57 bits per heavy atom. The van der Waals surface area contributed by atoms with E-state index in [4.69, 9.17) is 4.74 Å². The lowest BCUT2D eigenvalue weighted by molar-refractivity contribution is -0.137. The van der Waals surface area contributed by atoms with Crippen LogP contribution in [0.3, 0.4) is 0 Å². The number of halogens is 3. The Morgan fingerprint density at radius 1 is 1.10 bits per heavy atom. The SMILES string of the molecule is COc1ccn2c(-c3ccccc3C(F)(F)F)nnc2c1. The predicted molar refractivity (Wildman–Crippen MR) is 70.0 cm³/mol. The average Bonchev–Trinajstić information content (AvgIpc) is 2.89. The van der Waals surface area contributed by atoms with Gasteiger partial charge in [-0.3, -0.25) is 4.40 Å². The fourth-order valence-electron chi connectivity index (χ4n) is 2.11. The summed E-state index contributed by atoms with van der Waals surface area (Å²) in [6.07, 6.45) is -2.87. The van der Waals surface area contributed by atoms with Crippen molar-refractivity contribution in [3.05, 3.63) is 48.2 Å². The quantitative estimate of drug-likeness (QED) is 0.726. The maximum Gasteiger partial charge on any atom is 0.417 e. The molecule has 2 heterocycles. The predicted octanol–water partition coefficient (Wildman–Crippen LogP) is 3.42. The molecule has 4 nitrogen and oxygen atoms in total. The number of methoxy groups -OCH3 is 1. The number of alkyl halides is 3. The molecule has 0 amide bonds. The molecule has 2 aromatic heterocycles. The molecular formula is C14H10F3N3O. The first-order valence-corrected chi connectivity index (χ1v) is 6.06. The van der Waals surface area contributed by atoms with Gasteiger partial charge in [-0.05, 0) is 12.1 Å². The lowest BCUT2D eigenvalue weighted by Crippen LogP contribution is -2.08. The molecule has 0 aliphatic rings. The van der Waals surface area contributed by atoms with Crippen LogP contribution in [0.5, 0.6) is 5.75 Å². The summed E-state index contributed by atoms with van der Waals surface area (Å²) in [5.41, 5.74) is -0.334. The molecule has 0 saturated heterocycles. The Kier molecular flexibility index (Phi) is 3.04. The molecule has 21 heavy (non-hydrogen) atoms. The van der Waals surface area contributed by atoms with E-state index in [1.54, 1.807) is 18.3 Å². The van der Waals surface area contributed by atoms with E-state index in [1.165, 1.54) is 29.7 Å². The minimum atomic E-state index is -4.45. The fourth-order valence-corrected chi connectivity index (χ4v) is 2.11. The van der Waals surface area contributed by atoms with Crippen LogP contribution in [0.25, 0.3) is 17.0 Å². The molecule has 0 fully saturated rings. The van der Waals surface area contributed by atoms with Gasteiger partial charge in [0.1, 0.15) is 5.75 Å². The van der Waals surface area contributed by atoms with Gasteiger partial charge in [0, 0.05) is 17.8 Å². The molecule has 0 aliphatic heterocycles. The monoisotopic (exact) mass is 293 g/mol. The van der Waals surface area contributed by atoms with Gasteiger partial charge in [0.15, 0.2) is 11.5 Å². The highest BCUT2D eigenvalue weighted by atomic mass is 19.4.